The minimum Gasteiger partial charge on any atom is -0.462 e. The number of hydrogen-bond acceptors (Lipinski definition) is 15. The number of esters is 4. The minimum atomic E-state index is -4.98. The number of phosphoric ester groups is 2. The predicted octanol–water partition coefficient (Wildman–Crippen LogP) is 21.6. The number of rotatable bonds is 70. The van der Waals surface area contributed by atoms with Gasteiger partial charge in [-0.3, -0.25) is 37.3 Å². The van der Waals surface area contributed by atoms with E-state index in [9.17, 15) is 43.2 Å². The summed E-state index contributed by atoms with van der Waals surface area (Å²) in [5, 5.41) is 10.6. The van der Waals surface area contributed by atoms with Gasteiger partial charge in [-0.05, 0) is 141 Å². The van der Waals surface area contributed by atoms with E-state index in [1.165, 1.54) is 25.7 Å². The van der Waals surface area contributed by atoms with Crippen molar-refractivity contribution in [3.05, 3.63) is 122 Å². The number of unbranched alkanes of at least 4 members (excludes halogenated alkanes) is 24. The summed E-state index contributed by atoms with van der Waals surface area (Å²) >= 11 is 0. The fourth-order valence-electron chi connectivity index (χ4n) is 9.63. The van der Waals surface area contributed by atoms with Crippen LogP contribution in [0.4, 0.5) is 0 Å². The Kier molecular flexibility index (Phi) is 67.6. The molecule has 0 rings (SSSR count). The number of phosphoric acid groups is 2. The van der Waals surface area contributed by atoms with Crippen LogP contribution in [0.2, 0.25) is 0 Å². The fraction of sp³-hybridized carbons (Fsp3) is 0.696. The van der Waals surface area contributed by atoms with Gasteiger partial charge in [0.25, 0.3) is 0 Å². The number of carbonyl (C=O) groups is 4. The Bertz CT molecular complexity index is 2340. The Hall–Kier alpha value is -4.54. The SMILES string of the molecule is CC/C=C\C/C=C\C/C=C\C/C=C\C/C=C\CCCCCC(=O)OCC(COP(=O)(O)OCC(O)COP(=O)(O)OCC(COC(=O)CCCCCCCCC/C=C\C/C=C\C/C=C\CC)OC(=O)CCCCCCC/C=C\CCCC)OC(=O)CCCCCCC/C=C\CCCC. The molecule has 0 saturated carbocycles. The standard InChI is InChI=1S/C79H134O17P2/c1-5-9-13-17-21-25-29-31-33-35-36-38-40-42-46-48-52-56-60-64-77(82)90-70-75(96-79(84)66-62-58-54-50-44-28-24-20-16-12-8-4)72-94-98(87,88)92-68-73(80)67-91-97(85,86)93-71-74(95-78(83)65-61-57-53-49-43-27-23-19-15-11-7-3)69-89-76(81)63-59-55-51-47-45-41-39-37-34-32-30-26-22-18-14-10-6-2/h9-10,13-14,19-26,31-34,36,38,42,46,73-75,80H,5-8,11-12,15-18,27-30,35,37,39-41,43-45,47-72H2,1-4H3,(H,85,86)(H,87,88)/b13-9-,14-10-,23-19-,24-20-,25-21-,26-22-,33-31-,34-32-,38-36-,46-42-. The van der Waals surface area contributed by atoms with E-state index in [0.717, 1.165) is 193 Å². The maximum atomic E-state index is 13.1. The van der Waals surface area contributed by atoms with Gasteiger partial charge in [0.1, 0.15) is 19.3 Å². The average molecular weight is 1420 g/mol. The Balaban J connectivity index is 5.32. The second-order valence-electron chi connectivity index (χ2n) is 24.8. The molecule has 3 N–H and O–H groups in total. The van der Waals surface area contributed by atoms with Gasteiger partial charge >= 0.3 is 39.5 Å². The normalized spacial score (nSPS) is 14.6. The number of ether oxygens (including phenoxy) is 4. The van der Waals surface area contributed by atoms with Gasteiger partial charge in [-0.15, -0.1) is 0 Å². The number of hydrogen-bond donors (Lipinski definition) is 3. The molecule has 17 nitrogen and oxygen atoms in total. The summed E-state index contributed by atoms with van der Waals surface area (Å²) in [6.45, 7) is 4.50. The van der Waals surface area contributed by atoms with Gasteiger partial charge in [0.05, 0.1) is 26.4 Å². The third-order valence-corrected chi connectivity index (χ3v) is 17.3. The fourth-order valence-corrected chi connectivity index (χ4v) is 11.2. The summed E-state index contributed by atoms with van der Waals surface area (Å²) in [4.78, 5) is 72.7. The number of aliphatic hydroxyl groups excluding tert-OH is 1. The van der Waals surface area contributed by atoms with E-state index in [-0.39, 0.29) is 25.7 Å². The van der Waals surface area contributed by atoms with Crippen molar-refractivity contribution in [2.45, 2.75) is 316 Å². The van der Waals surface area contributed by atoms with Crippen LogP contribution in [0.15, 0.2) is 122 Å². The van der Waals surface area contributed by atoms with Crippen LogP contribution in [0.1, 0.15) is 297 Å². The van der Waals surface area contributed by atoms with Crippen LogP contribution in [0.25, 0.3) is 0 Å². The molecule has 0 amide bonds. The third kappa shape index (κ3) is 69.9. The van der Waals surface area contributed by atoms with Gasteiger partial charge in [0.15, 0.2) is 12.2 Å². The Morgan fingerprint density at radius 1 is 0.296 bits per heavy atom. The van der Waals surface area contributed by atoms with Crippen molar-refractivity contribution in [1.82, 2.24) is 0 Å². The van der Waals surface area contributed by atoms with E-state index >= 15 is 0 Å². The highest BCUT2D eigenvalue weighted by Crippen LogP contribution is 2.45. The molecule has 562 valence electrons. The summed E-state index contributed by atoms with van der Waals surface area (Å²) in [6, 6.07) is 0. The van der Waals surface area contributed by atoms with E-state index in [0.29, 0.717) is 25.7 Å². The quantitative estimate of drug-likeness (QED) is 0.0169. The molecular weight excluding hydrogens is 1280 g/mol. The molecule has 0 aromatic rings. The monoisotopic (exact) mass is 1420 g/mol. The lowest BCUT2D eigenvalue weighted by atomic mass is 10.1. The first-order chi connectivity index (χ1) is 47.7. The highest BCUT2D eigenvalue weighted by molar-refractivity contribution is 7.47. The Morgan fingerprint density at radius 3 is 0.837 bits per heavy atom. The zero-order chi connectivity index (χ0) is 71.8. The number of aliphatic hydroxyl groups is 1. The molecule has 0 radical (unpaired) electrons. The molecule has 0 heterocycles. The highest BCUT2D eigenvalue weighted by atomic mass is 31.2. The van der Waals surface area contributed by atoms with Crippen LogP contribution >= 0.6 is 15.6 Å². The summed E-state index contributed by atoms with van der Waals surface area (Å²) in [6.07, 6.45) is 76.3. The summed E-state index contributed by atoms with van der Waals surface area (Å²) in [5.74, 6) is -2.24. The van der Waals surface area contributed by atoms with E-state index < -0.39 is 97.5 Å². The lowest BCUT2D eigenvalue weighted by Gasteiger charge is -2.21. The molecule has 0 aromatic carbocycles. The van der Waals surface area contributed by atoms with E-state index in [1.807, 2.05) is 0 Å². The Morgan fingerprint density at radius 2 is 0.531 bits per heavy atom. The van der Waals surface area contributed by atoms with Crippen molar-refractivity contribution in [3.63, 3.8) is 0 Å². The van der Waals surface area contributed by atoms with Crippen LogP contribution in [-0.4, -0.2) is 96.7 Å². The molecular formula is C79H134O17P2. The van der Waals surface area contributed by atoms with Gasteiger partial charge in [-0.2, -0.15) is 0 Å². The molecule has 0 aromatic heterocycles. The first kappa shape index (κ1) is 93.5. The first-order valence-corrected chi connectivity index (χ1v) is 40.8. The number of carbonyl (C=O) groups excluding carboxylic acids is 4. The van der Waals surface area contributed by atoms with Crippen LogP contribution in [0.3, 0.4) is 0 Å². The highest BCUT2D eigenvalue weighted by Gasteiger charge is 2.30. The lowest BCUT2D eigenvalue weighted by molar-refractivity contribution is -0.161. The lowest BCUT2D eigenvalue weighted by Crippen LogP contribution is -2.30. The topological polar surface area (TPSA) is 237 Å². The van der Waals surface area contributed by atoms with Crippen molar-refractivity contribution in [3.8, 4) is 0 Å². The summed E-state index contributed by atoms with van der Waals surface area (Å²) in [5.41, 5.74) is 0. The molecule has 0 aliphatic carbocycles. The Labute approximate surface area is 593 Å². The molecule has 0 bridgehead atoms. The largest absolute Gasteiger partial charge is 0.472 e. The third-order valence-electron chi connectivity index (χ3n) is 15.4. The smallest absolute Gasteiger partial charge is 0.462 e. The van der Waals surface area contributed by atoms with Crippen LogP contribution in [0, 0.1) is 0 Å². The van der Waals surface area contributed by atoms with Crippen molar-refractivity contribution in [2.75, 3.05) is 39.6 Å². The van der Waals surface area contributed by atoms with Crippen molar-refractivity contribution in [1.29, 1.82) is 0 Å². The van der Waals surface area contributed by atoms with Gasteiger partial charge in [-0.1, -0.05) is 252 Å². The minimum absolute atomic E-state index is 0.0746. The van der Waals surface area contributed by atoms with Gasteiger partial charge in [-0.25, -0.2) is 9.13 Å². The molecule has 0 aliphatic heterocycles. The zero-order valence-electron chi connectivity index (χ0n) is 61.2. The molecule has 0 fully saturated rings. The molecule has 0 aliphatic rings. The summed E-state index contributed by atoms with van der Waals surface area (Å²) in [7, 11) is -9.96. The second kappa shape index (κ2) is 70.9. The van der Waals surface area contributed by atoms with Crippen molar-refractivity contribution < 1.29 is 80.2 Å². The average Bonchev–Trinajstić information content (AvgIpc) is 1.03. The van der Waals surface area contributed by atoms with Gasteiger partial charge in [0, 0.05) is 25.7 Å². The van der Waals surface area contributed by atoms with Crippen LogP contribution in [0.5, 0.6) is 0 Å². The van der Waals surface area contributed by atoms with Crippen LogP contribution in [-0.2, 0) is 65.4 Å². The predicted molar refractivity (Wildman–Crippen MR) is 399 cm³/mol. The van der Waals surface area contributed by atoms with Gasteiger partial charge < -0.3 is 33.8 Å². The van der Waals surface area contributed by atoms with Crippen molar-refractivity contribution in [2.24, 2.45) is 0 Å². The molecule has 5 atom stereocenters. The molecule has 0 spiro atoms. The zero-order valence-corrected chi connectivity index (χ0v) is 63.0. The molecule has 19 heteroatoms. The van der Waals surface area contributed by atoms with E-state index in [1.54, 1.807) is 0 Å². The second-order valence-corrected chi connectivity index (χ2v) is 27.7. The number of allylic oxidation sites excluding steroid dienone is 20. The maximum absolute atomic E-state index is 13.1. The molecule has 0 saturated heterocycles. The molecule has 98 heavy (non-hydrogen) atoms. The molecule has 5 unspecified atom stereocenters. The van der Waals surface area contributed by atoms with E-state index in [4.69, 9.17) is 37.0 Å². The van der Waals surface area contributed by atoms with Crippen molar-refractivity contribution >= 4 is 39.5 Å². The van der Waals surface area contributed by atoms with Crippen LogP contribution < -0.4 is 0 Å². The maximum Gasteiger partial charge on any atom is 0.472 e. The van der Waals surface area contributed by atoms with Gasteiger partial charge in [0.2, 0.25) is 0 Å². The summed E-state index contributed by atoms with van der Waals surface area (Å²) < 4.78 is 68.3. The first-order valence-electron chi connectivity index (χ1n) is 37.8. The van der Waals surface area contributed by atoms with E-state index in [2.05, 4.69) is 149 Å².